The van der Waals surface area contributed by atoms with Crippen molar-refractivity contribution in [3.63, 3.8) is 0 Å². The highest BCUT2D eigenvalue weighted by Gasteiger charge is 2.23. The second-order valence-corrected chi connectivity index (χ2v) is 7.90. The fourth-order valence-electron chi connectivity index (χ4n) is 2.33. The molecule has 0 aliphatic rings. The molecule has 138 valence electrons. The Hall–Kier alpha value is -1.98. The van der Waals surface area contributed by atoms with E-state index >= 15 is 0 Å². The van der Waals surface area contributed by atoms with Crippen molar-refractivity contribution in [2.75, 3.05) is 5.32 Å². The van der Waals surface area contributed by atoms with Crippen LogP contribution in [0.4, 0.5) is 5.69 Å². The fourth-order valence-corrected chi connectivity index (χ4v) is 3.30. The van der Waals surface area contributed by atoms with Crippen LogP contribution in [0.1, 0.15) is 25.0 Å². The lowest BCUT2D eigenvalue weighted by atomic mass is 10.1. The number of carbonyl (C=O) groups excluding carboxylic acids is 2. The Morgan fingerprint density at radius 1 is 1.04 bits per heavy atom. The number of halogens is 1. The summed E-state index contributed by atoms with van der Waals surface area (Å²) < 4.78 is 5.32. The molecule has 1 N–H and O–H groups in total. The molecule has 2 aromatic carbocycles. The minimum absolute atomic E-state index is 0.348. The highest BCUT2D eigenvalue weighted by molar-refractivity contribution is 8.00. The van der Waals surface area contributed by atoms with Gasteiger partial charge in [-0.05, 0) is 63.1 Å². The molecular formula is C20H22ClNO3S. The van der Waals surface area contributed by atoms with Crippen molar-refractivity contribution in [1.29, 1.82) is 0 Å². The Bertz CT molecular complexity index is 772. The van der Waals surface area contributed by atoms with Gasteiger partial charge in [0.05, 0.1) is 0 Å². The first-order valence-corrected chi connectivity index (χ1v) is 9.53. The van der Waals surface area contributed by atoms with Crippen molar-refractivity contribution in [3.05, 3.63) is 58.6 Å². The topological polar surface area (TPSA) is 55.4 Å². The van der Waals surface area contributed by atoms with Gasteiger partial charge >= 0.3 is 5.97 Å². The number of hydrogen-bond acceptors (Lipinski definition) is 4. The van der Waals surface area contributed by atoms with Crippen molar-refractivity contribution >= 4 is 40.9 Å². The van der Waals surface area contributed by atoms with E-state index in [0.717, 1.165) is 21.7 Å². The summed E-state index contributed by atoms with van der Waals surface area (Å²) in [5.41, 5.74) is 2.68. The third-order valence-electron chi connectivity index (χ3n) is 3.85. The van der Waals surface area contributed by atoms with E-state index in [-0.39, 0.29) is 5.91 Å². The van der Waals surface area contributed by atoms with Gasteiger partial charge in [0.2, 0.25) is 0 Å². The number of benzene rings is 2. The first kappa shape index (κ1) is 20.3. The van der Waals surface area contributed by atoms with Gasteiger partial charge in [0, 0.05) is 15.6 Å². The monoisotopic (exact) mass is 391 g/mol. The molecule has 0 spiro atoms. The number of rotatable bonds is 6. The van der Waals surface area contributed by atoms with Gasteiger partial charge in [-0.2, -0.15) is 0 Å². The molecule has 0 aromatic heterocycles. The minimum atomic E-state index is -0.880. The molecule has 6 heteroatoms. The molecule has 2 aromatic rings. The molecule has 0 fully saturated rings. The molecule has 2 atom stereocenters. The first-order valence-electron chi connectivity index (χ1n) is 8.27. The average Bonchev–Trinajstić information content (AvgIpc) is 2.59. The van der Waals surface area contributed by atoms with Gasteiger partial charge in [0.25, 0.3) is 5.91 Å². The van der Waals surface area contributed by atoms with Gasteiger partial charge in [0.15, 0.2) is 6.10 Å². The molecule has 0 radical (unpaired) electrons. The molecule has 0 bridgehead atoms. The van der Waals surface area contributed by atoms with Gasteiger partial charge in [-0.15, -0.1) is 11.8 Å². The van der Waals surface area contributed by atoms with Gasteiger partial charge in [0.1, 0.15) is 5.25 Å². The van der Waals surface area contributed by atoms with Crippen LogP contribution in [0.2, 0.25) is 5.02 Å². The molecule has 2 rings (SSSR count). The van der Waals surface area contributed by atoms with Crippen molar-refractivity contribution in [2.24, 2.45) is 0 Å². The SMILES string of the molecule is Cc1cccc(C)c1NC(=O)[C@@H](C)OC(=O)[C@H](C)Sc1ccc(Cl)cc1. The molecular weight excluding hydrogens is 370 g/mol. The lowest BCUT2D eigenvalue weighted by molar-refractivity contribution is -0.152. The highest BCUT2D eigenvalue weighted by Crippen LogP contribution is 2.26. The first-order chi connectivity index (χ1) is 12.3. The molecule has 0 saturated heterocycles. The minimum Gasteiger partial charge on any atom is -0.452 e. The van der Waals surface area contributed by atoms with Gasteiger partial charge in [-0.25, -0.2) is 0 Å². The van der Waals surface area contributed by atoms with E-state index in [1.807, 2.05) is 44.2 Å². The smallest absolute Gasteiger partial charge is 0.319 e. The lowest BCUT2D eigenvalue weighted by Gasteiger charge is -2.18. The molecule has 1 amide bonds. The summed E-state index contributed by atoms with van der Waals surface area (Å²) in [5, 5.41) is 3.04. The van der Waals surface area contributed by atoms with Gasteiger partial charge < -0.3 is 10.1 Å². The van der Waals surface area contributed by atoms with E-state index in [0.29, 0.717) is 5.02 Å². The van der Waals surface area contributed by atoms with Crippen LogP contribution in [0.25, 0.3) is 0 Å². The van der Waals surface area contributed by atoms with Crippen LogP contribution in [-0.4, -0.2) is 23.2 Å². The van der Waals surface area contributed by atoms with Crippen LogP contribution in [0.15, 0.2) is 47.4 Å². The second kappa shape index (κ2) is 9.10. The van der Waals surface area contributed by atoms with E-state index in [1.54, 1.807) is 26.0 Å². The van der Waals surface area contributed by atoms with Crippen LogP contribution in [0.3, 0.4) is 0 Å². The summed E-state index contributed by atoms with van der Waals surface area (Å²) >= 11 is 7.22. The number of para-hydroxylation sites is 1. The number of aryl methyl sites for hydroxylation is 2. The number of esters is 1. The molecule has 0 heterocycles. The predicted octanol–water partition coefficient (Wildman–Crippen LogP) is 5.01. The van der Waals surface area contributed by atoms with Crippen LogP contribution >= 0.6 is 23.4 Å². The summed E-state index contributed by atoms with van der Waals surface area (Å²) in [6.45, 7) is 7.16. The Kier molecular flexibility index (Phi) is 7.12. The maximum Gasteiger partial charge on any atom is 0.319 e. The molecule has 0 unspecified atom stereocenters. The highest BCUT2D eigenvalue weighted by atomic mass is 35.5. The maximum atomic E-state index is 12.4. The number of anilines is 1. The van der Waals surface area contributed by atoms with E-state index < -0.39 is 17.3 Å². The van der Waals surface area contributed by atoms with Gasteiger partial charge in [-0.1, -0.05) is 29.8 Å². The summed E-state index contributed by atoms with van der Waals surface area (Å²) in [6.07, 6.45) is -0.880. The molecule has 0 aliphatic heterocycles. The van der Waals surface area contributed by atoms with Crippen LogP contribution in [0.5, 0.6) is 0 Å². The number of ether oxygens (including phenoxy) is 1. The number of nitrogens with one attached hydrogen (secondary N) is 1. The van der Waals surface area contributed by atoms with E-state index in [4.69, 9.17) is 16.3 Å². The normalized spacial score (nSPS) is 13.0. The van der Waals surface area contributed by atoms with E-state index in [9.17, 15) is 9.59 Å². The summed E-state index contributed by atoms with van der Waals surface area (Å²) in [6, 6.07) is 13.0. The van der Waals surface area contributed by atoms with Crippen LogP contribution in [-0.2, 0) is 14.3 Å². The summed E-state index contributed by atoms with van der Waals surface area (Å²) in [4.78, 5) is 25.5. The standard InChI is InChI=1S/C20H22ClNO3S/c1-12-6-5-7-13(2)18(12)22-19(23)14(3)25-20(24)15(4)26-17-10-8-16(21)9-11-17/h5-11,14-15H,1-4H3,(H,22,23)/t14-,15+/m1/s1. The number of amides is 1. The predicted molar refractivity (Wildman–Crippen MR) is 107 cm³/mol. The summed E-state index contributed by atoms with van der Waals surface area (Å²) in [5.74, 6) is -0.784. The van der Waals surface area contributed by atoms with Crippen LogP contribution in [0, 0.1) is 13.8 Å². The van der Waals surface area contributed by atoms with E-state index in [2.05, 4.69) is 5.32 Å². The zero-order valence-corrected chi connectivity index (χ0v) is 16.8. The summed E-state index contributed by atoms with van der Waals surface area (Å²) in [7, 11) is 0. The second-order valence-electron chi connectivity index (χ2n) is 6.05. The van der Waals surface area contributed by atoms with Crippen molar-refractivity contribution in [3.8, 4) is 0 Å². The van der Waals surface area contributed by atoms with Gasteiger partial charge in [-0.3, -0.25) is 9.59 Å². The average molecular weight is 392 g/mol. The number of hydrogen-bond donors (Lipinski definition) is 1. The zero-order chi connectivity index (χ0) is 19.3. The third kappa shape index (κ3) is 5.51. The van der Waals surface area contributed by atoms with Crippen molar-refractivity contribution < 1.29 is 14.3 Å². The molecule has 26 heavy (non-hydrogen) atoms. The van der Waals surface area contributed by atoms with E-state index in [1.165, 1.54) is 11.8 Å². The number of thioether (sulfide) groups is 1. The largest absolute Gasteiger partial charge is 0.452 e. The molecule has 0 saturated carbocycles. The molecule has 4 nitrogen and oxygen atoms in total. The Balaban J connectivity index is 1.93. The fraction of sp³-hybridized carbons (Fsp3) is 0.300. The zero-order valence-electron chi connectivity index (χ0n) is 15.2. The Morgan fingerprint density at radius 2 is 1.62 bits per heavy atom. The van der Waals surface area contributed by atoms with Crippen molar-refractivity contribution in [2.45, 2.75) is 43.9 Å². The van der Waals surface area contributed by atoms with Crippen molar-refractivity contribution in [1.82, 2.24) is 0 Å². The quantitative estimate of drug-likeness (QED) is 0.555. The van der Waals surface area contributed by atoms with Crippen LogP contribution < -0.4 is 5.32 Å². The lowest BCUT2D eigenvalue weighted by Crippen LogP contribution is -2.32. The third-order valence-corrected chi connectivity index (χ3v) is 5.19. The maximum absolute atomic E-state index is 12.4. The number of carbonyl (C=O) groups is 2. The Labute approximate surface area is 163 Å². The molecule has 0 aliphatic carbocycles. The Morgan fingerprint density at radius 3 is 2.19 bits per heavy atom.